The number of piperazine rings is 1. The first-order chi connectivity index (χ1) is 18.1. The molecule has 1 amide bonds. The van der Waals surface area contributed by atoms with E-state index in [1.165, 1.54) is 6.42 Å². The van der Waals surface area contributed by atoms with Gasteiger partial charge < -0.3 is 29.4 Å². The summed E-state index contributed by atoms with van der Waals surface area (Å²) in [5, 5.41) is 3.40. The molecule has 2 atom stereocenters. The van der Waals surface area contributed by atoms with E-state index in [2.05, 4.69) is 27.0 Å². The lowest BCUT2D eigenvalue weighted by Gasteiger charge is -2.40. The van der Waals surface area contributed by atoms with Crippen molar-refractivity contribution in [3.8, 4) is 6.01 Å². The molecule has 0 spiro atoms. The minimum absolute atomic E-state index is 0.211. The van der Waals surface area contributed by atoms with Crippen molar-refractivity contribution < 1.29 is 14.3 Å². The predicted molar refractivity (Wildman–Crippen MR) is 139 cm³/mol. The van der Waals surface area contributed by atoms with E-state index in [4.69, 9.17) is 26.0 Å². The summed E-state index contributed by atoms with van der Waals surface area (Å²) in [4.78, 5) is 32.4. The molecule has 2 fully saturated rings. The molecule has 1 aromatic carbocycles. The smallest absolute Gasteiger partial charge is 0.410 e. The molecule has 2 aromatic rings. The molecule has 5 rings (SSSR count). The molecule has 0 radical (unpaired) electrons. The average molecular weight is 506 g/mol. The second kappa shape index (κ2) is 11.8. The van der Waals surface area contributed by atoms with Gasteiger partial charge in [0.25, 0.3) is 0 Å². The van der Waals surface area contributed by atoms with Crippen LogP contribution in [0.1, 0.15) is 29.7 Å². The van der Waals surface area contributed by atoms with Gasteiger partial charge in [-0.05, 0) is 45.0 Å². The Morgan fingerprint density at radius 3 is 2.84 bits per heavy atom. The van der Waals surface area contributed by atoms with Gasteiger partial charge in [-0.3, -0.25) is 4.90 Å². The third kappa shape index (κ3) is 5.95. The summed E-state index contributed by atoms with van der Waals surface area (Å²) < 4.78 is 11.7. The van der Waals surface area contributed by atoms with Gasteiger partial charge >= 0.3 is 12.1 Å². The molecule has 1 aromatic heterocycles. The number of rotatable bonds is 7. The highest BCUT2D eigenvalue weighted by molar-refractivity contribution is 5.69. The summed E-state index contributed by atoms with van der Waals surface area (Å²) in [6, 6.07) is 10.1. The molecule has 3 aliphatic heterocycles. The highest BCUT2D eigenvalue weighted by atomic mass is 16.6. The number of nitrogens with one attached hydrogen (secondary N) is 1. The van der Waals surface area contributed by atoms with Gasteiger partial charge in [-0.1, -0.05) is 30.3 Å². The van der Waals surface area contributed by atoms with Crippen LogP contribution in [0.25, 0.3) is 4.85 Å². The van der Waals surface area contributed by atoms with E-state index in [0.29, 0.717) is 44.8 Å². The van der Waals surface area contributed by atoms with E-state index >= 15 is 0 Å². The number of benzene rings is 1. The van der Waals surface area contributed by atoms with Crippen molar-refractivity contribution in [1.29, 1.82) is 0 Å². The second-order valence-electron chi connectivity index (χ2n) is 9.94. The molecule has 0 saturated carbocycles. The van der Waals surface area contributed by atoms with Crippen LogP contribution < -0.4 is 15.0 Å². The summed E-state index contributed by atoms with van der Waals surface area (Å²) in [7, 11) is 2.13. The third-order valence-electron chi connectivity index (χ3n) is 7.49. The maximum absolute atomic E-state index is 12.9. The first-order valence-corrected chi connectivity index (χ1v) is 13.1. The lowest BCUT2D eigenvalue weighted by molar-refractivity contribution is 0.0788. The Labute approximate surface area is 218 Å². The van der Waals surface area contributed by atoms with Crippen LogP contribution in [0.15, 0.2) is 30.3 Å². The third-order valence-corrected chi connectivity index (χ3v) is 7.49. The minimum Gasteiger partial charge on any atom is -0.462 e. The maximum atomic E-state index is 12.9. The van der Waals surface area contributed by atoms with E-state index < -0.39 is 0 Å². The molecule has 0 aliphatic carbocycles. The maximum Gasteiger partial charge on any atom is 0.410 e. The largest absolute Gasteiger partial charge is 0.462 e. The summed E-state index contributed by atoms with van der Waals surface area (Å²) in [6.07, 6.45) is 2.76. The first kappa shape index (κ1) is 25.2. The Kier molecular flexibility index (Phi) is 8.02. The van der Waals surface area contributed by atoms with Crippen molar-refractivity contribution in [3.05, 3.63) is 58.6 Å². The molecule has 196 valence electrons. The highest BCUT2D eigenvalue weighted by Crippen LogP contribution is 2.29. The number of aromatic nitrogens is 2. The fourth-order valence-corrected chi connectivity index (χ4v) is 5.36. The Balaban J connectivity index is 1.30. The summed E-state index contributed by atoms with van der Waals surface area (Å²) in [5.41, 5.74) is 3.04. The van der Waals surface area contributed by atoms with Crippen molar-refractivity contribution in [2.75, 3.05) is 57.8 Å². The van der Waals surface area contributed by atoms with Crippen LogP contribution in [0, 0.1) is 6.57 Å². The molecular weight excluding hydrogens is 470 g/mol. The zero-order valence-corrected chi connectivity index (χ0v) is 21.4. The lowest BCUT2D eigenvalue weighted by atomic mass is 10.1. The lowest BCUT2D eigenvalue weighted by Crippen LogP contribution is -2.57. The van der Waals surface area contributed by atoms with E-state index in [9.17, 15) is 4.79 Å². The number of fused-ring (bicyclic) bond motifs is 1. The Morgan fingerprint density at radius 1 is 1.19 bits per heavy atom. The van der Waals surface area contributed by atoms with Crippen LogP contribution in [0.2, 0.25) is 0 Å². The van der Waals surface area contributed by atoms with Crippen molar-refractivity contribution in [2.24, 2.45) is 0 Å². The number of hydrogen-bond acceptors (Lipinski definition) is 8. The average Bonchev–Trinajstić information content (AvgIpc) is 3.35. The molecule has 0 bridgehead atoms. The van der Waals surface area contributed by atoms with E-state index in [1.54, 1.807) is 4.90 Å². The van der Waals surface area contributed by atoms with Crippen molar-refractivity contribution in [1.82, 2.24) is 25.1 Å². The molecule has 1 N–H and O–H groups in total. The normalized spacial score (nSPS) is 21.8. The summed E-state index contributed by atoms with van der Waals surface area (Å²) in [6.45, 7) is 12.7. The molecule has 10 nitrogen and oxygen atoms in total. The van der Waals surface area contributed by atoms with E-state index in [0.717, 1.165) is 48.6 Å². The number of likely N-dealkylation sites (tertiary alicyclic amines) is 1. The second-order valence-corrected chi connectivity index (χ2v) is 9.94. The van der Waals surface area contributed by atoms with Gasteiger partial charge in [0.1, 0.15) is 25.1 Å². The van der Waals surface area contributed by atoms with Gasteiger partial charge in [-0.15, -0.1) is 0 Å². The summed E-state index contributed by atoms with van der Waals surface area (Å²) >= 11 is 0. The van der Waals surface area contributed by atoms with Crippen LogP contribution in [-0.4, -0.2) is 90.9 Å². The molecule has 3 aliphatic rings. The molecular formula is C27H35N7O3. The Morgan fingerprint density at radius 2 is 2.05 bits per heavy atom. The monoisotopic (exact) mass is 505 g/mol. The molecule has 2 saturated heterocycles. The number of likely N-dealkylation sites (N-methyl/N-ethyl adjacent to an activating group) is 1. The van der Waals surface area contributed by atoms with E-state index in [-0.39, 0.29) is 25.3 Å². The number of carbonyl (C=O) groups is 1. The van der Waals surface area contributed by atoms with Gasteiger partial charge in [-0.2, -0.15) is 9.97 Å². The van der Waals surface area contributed by atoms with Gasteiger partial charge in [-0.25, -0.2) is 11.4 Å². The van der Waals surface area contributed by atoms with Crippen LogP contribution in [-0.2, 0) is 24.3 Å². The number of hydrogen-bond donors (Lipinski definition) is 1. The van der Waals surface area contributed by atoms with Crippen LogP contribution >= 0.6 is 0 Å². The number of amides is 1. The Hall–Kier alpha value is -3.42. The first-order valence-electron chi connectivity index (χ1n) is 13.1. The fourth-order valence-electron chi connectivity index (χ4n) is 5.36. The van der Waals surface area contributed by atoms with Gasteiger partial charge in [0.2, 0.25) is 6.54 Å². The van der Waals surface area contributed by atoms with Crippen molar-refractivity contribution in [2.45, 2.75) is 44.5 Å². The van der Waals surface area contributed by atoms with Crippen molar-refractivity contribution in [3.63, 3.8) is 0 Å². The van der Waals surface area contributed by atoms with E-state index in [1.807, 2.05) is 30.3 Å². The van der Waals surface area contributed by atoms with Crippen LogP contribution in [0.4, 0.5) is 10.6 Å². The topological polar surface area (TPSA) is 87.4 Å². The number of anilines is 1. The highest BCUT2D eigenvalue weighted by Gasteiger charge is 2.36. The summed E-state index contributed by atoms with van der Waals surface area (Å²) in [5.74, 6) is 0.869. The predicted octanol–water partition coefficient (Wildman–Crippen LogP) is 2.34. The SMILES string of the molecule is [C-]#[N+]C[C@H]1CN(c2nc(OC[C@@H]3CCCN3C)nc3c2CCNC3)CCN1C(=O)OCc1ccccc1. The number of ether oxygens (including phenoxy) is 2. The molecule has 4 heterocycles. The number of nitrogens with zero attached hydrogens (tertiary/aromatic N) is 6. The Bertz CT molecular complexity index is 1120. The zero-order valence-electron chi connectivity index (χ0n) is 21.4. The fraction of sp³-hybridized carbons (Fsp3) is 0.556. The zero-order chi connectivity index (χ0) is 25.6. The quantitative estimate of drug-likeness (QED) is 0.574. The minimum atomic E-state index is -0.379. The van der Waals surface area contributed by atoms with Crippen molar-refractivity contribution >= 4 is 11.9 Å². The molecule has 37 heavy (non-hydrogen) atoms. The van der Waals surface area contributed by atoms with Crippen LogP contribution in [0.3, 0.4) is 0 Å². The molecule has 0 unspecified atom stereocenters. The molecule has 10 heteroatoms. The number of carbonyl (C=O) groups excluding carboxylic acids is 1. The van der Waals surface area contributed by atoms with Gasteiger partial charge in [0, 0.05) is 37.8 Å². The standard InChI is InChI=1S/C27H35N7O3/c1-28-15-22-17-33(13-14-34(22)27(35)37-18-20-7-4-3-5-8-20)25-23-10-11-29-16-24(23)30-26(31-25)36-19-21-9-6-12-32(21)2/h3-5,7-8,21-22,29H,6,9-19H2,2H3/t21-,22-/m0/s1. The van der Waals surface area contributed by atoms with Gasteiger partial charge in [0.05, 0.1) is 5.69 Å². The van der Waals surface area contributed by atoms with Gasteiger partial charge in [0.15, 0.2) is 0 Å². The van der Waals surface area contributed by atoms with Crippen LogP contribution in [0.5, 0.6) is 6.01 Å².